The second-order valence-corrected chi connectivity index (χ2v) is 6.33. The van der Waals surface area contributed by atoms with Crippen molar-refractivity contribution in [2.45, 2.75) is 16.8 Å². The molecule has 0 aromatic heterocycles. The molecule has 1 heterocycles. The molecule has 1 aromatic rings. The molecule has 0 aliphatic carbocycles. The highest BCUT2D eigenvalue weighted by atomic mass is 32.2. The number of halogens is 2. The van der Waals surface area contributed by atoms with E-state index >= 15 is 0 Å². The molecule has 2 rings (SSSR count). The van der Waals surface area contributed by atoms with Crippen LogP contribution in [-0.4, -0.2) is 46.5 Å². The van der Waals surface area contributed by atoms with Crippen LogP contribution in [0.4, 0.5) is 14.5 Å². The molecule has 1 atom stereocenters. The molecule has 0 bridgehead atoms. The molecule has 0 amide bonds. The number of nitrogens with two attached hydrogens (primary N) is 1. The van der Waals surface area contributed by atoms with Crippen molar-refractivity contribution in [3.63, 3.8) is 0 Å². The second kappa shape index (κ2) is 6.02. The van der Waals surface area contributed by atoms with Gasteiger partial charge in [-0.25, -0.2) is 8.42 Å². The number of morpholine rings is 1. The topological polar surface area (TPSA) is 72.6 Å². The number of hydrogen-bond donors (Lipinski definition) is 1. The summed E-state index contributed by atoms with van der Waals surface area (Å²) in [4.78, 5) is 1.36. The molecule has 2 N–H and O–H groups in total. The van der Waals surface area contributed by atoms with E-state index < -0.39 is 15.6 Å². The Labute approximate surface area is 116 Å². The molecule has 20 heavy (non-hydrogen) atoms. The minimum Gasteiger partial charge on any atom is -0.373 e. The average Bonchev–Trinajstić information content (AvgIpc) is 2.47. The van der Waals surface area contributed by atoms with Gasteiger partial charge in [0.2, 0.25) is 9.84 Å². The lowest BCUT2D eigenvalue weighted by Gasteiger charge is -2.34. The number of rotatable bonds is 4. The summed E-state index contributed by atoms with van der Waals surface area (Å²) in [5, 5.41) is 0. The van der Waals surface area contributed by atoms with Crippen LogP contribution in [0, 0.1) is 0 Å². The van der Waals surface area contributed by atoms with Gasteiger partial charge in [-0.3, -0.25) is 0 Å². The fourth-order valence-corrected chi connectivity index (χ4v) is 3.08. The van der Waals surface area contributed by atoms with Gasteiger partial charge in [-0.15, -0.1) is 0 Å². The lowest BCUT2D eigenvalue weighted by Crippen LogP contribution is -2.46. The number of benzene rings is 1. The zero-order valence-corrected chi connectivity index (χ0v) is 11.5. The van der Waals surface area contributed by atoms with Gasteiger partial charge in [0, 0.05) is 19.6 Å². The van der Waals surface area contributed by atoms with Crippen molar-refractivity contribution in [3.05, 3.63) is 24.3 Å². The van der Waals surface area contributed by atoms with E-state index in [0.717, 1.165) is 0 Å². The molecule has 1 aromatic carbocycles. The summed E-state index contributed by atoms with van der Waals surface area (Å²) in [7, 11) is -4.63. The Balaban J connectivity index is 2.38. The third-order valence-corrected chi connectivity index (χ3v) is 4.58. The van der Waals surface area contributed by atoms with Gasteiger partial charge >= 0.3 is 5.76 Å². The van der Waals surface area contributed by atoms with Crippen LogP contribution in [-0.2, 0) is 14.6 Å². The van der Waals surface area contributed by atoms with E-state index in [-0.39, 0.29) is 16.7 Å². The van der Waals surface area contributed by atoms with E-state index in [4.69, 9.17) is 10.5 Å². The largest absolute Gasteiger partial charge is 0.373 e. The van der Waals surface area contributed by atoms with Gasteiger partial charge in [0.05, 0.1) is 23.3 Å². The van der Waals surface area contributed by atoms with Gasteiger partial charge in [-0.05, 0) is 12.1 Å². The Morgan fingerprint density at radius 3 is 2.75 bits per heavy atom. The highest BCUT2D eigenvalue weighted by Gasteiger charge is 2.31. The zero-order chi connectivity index (χ0) is 14.8. The summed E-state index contributed by atoms with van der Waals surface area (Å²) in [5.74, 6) is -3.44. The fourth-order valence-electron chi connectivity index (χ4n) is 2.14. The molecule has 5 nitrogen and oxygen atoms in total. The minimum absolute atomic E-state index is 0.230. The van der Waals surface area contributed by atoms with Crippen molar-refractivity contribution in [3.8, 4) is 0 Å². The number of ether oxygens (including phenoxy) is 1. The van der Waals surface area contributed by atoms with Crippen molar-refractivity contribution in [2.75, 3.05) is 31.1 Å². The minimum atomic E-state index is -4.63. The SMILES string of the molecule is NCC1CN(c2ccccc2S(=O)(=O)C(F)F)CCO1. The summed E-state index contributed by atoms with van der Waals surface area (Å²) in [6, 6.07) is 5.77. The monoisotopic (exact) mass is 306 g/mol. The van der Waals surface area contributed by atoms with E-state index in [1.54, 1.807) is 11.0 Å². The van der Waals surface area contributed by atoms with Gasteiger partial charge in [0.15, 0.2) is 0 Å². The molecule has 8 heteroatoms. The molecule has 1 unspecified atom stereocenters. The molecular formula is C12H16F2N2O3S. The van der Waals surface area contributed by atoms with E-state index in [2.05, 4.69) is 0 Å². The van der Waals surface area contributed by atoms with E-state index in [1.165, 1.54) is 18.2 Å². The molecule has 1 aliphatic heterocycles. The second-order valence-electron chi connectivity index (χ2n) is 4.45. The Kier molecular flexibility index (Phi) is 4.56. The van der Waals surface area contributed by atoms with Crippen LogP contribution < -0.4 is 10.6 Å². The predicted octanol–water partition coefficient (Wildman–Crippen LogP) is 0.847. The maximum Gasteiger partial charge on any atom is 0.341 e. The first kappa shape index (κ1) is 15.1. The average molecular weight is 306 g/mol. The van der Waals surface area contributed by atoms with E-state index in [1.807, 2.05) is 0 Å². The quantitative estimate of drug-likeness (QED) is 0.893. The fraction of sp³-hybridized carbons (Fsp3) is 0.500. The molecule has 0 spiro atoms. The van der Waals surface area contributed by atoms with Gasteiger partial charge in [0.1, 0.15) is 0 Å². The summed E-state index contributed by atoms with van der Waals surface area (Å²) >= 11 is 0. The standard InChI is InChI=1S/C12H16F2N2O3S/c13-12(14)20(17,18)11-4-2-1-3-10(11)16-5-6-19-9(7-15)8-16/h1-4,9,12H,5-8,15H2. The van der Waals surface area contributed by atoms with Crippen molar-refractivity contribution in [1.82, 2.24) is 0 Å². The molecule has 1 fully saturated rings. The van der Waals surface area contributed by atoms with Crippen LogP contribution in [0.1, 0.15) is 0 Å². The van der Waals surface area contributed by atoms with Crippen LogP contribution >= 0.6 is 0 Å². The van der Waals surface area contributed by atoms with Crippen LogP contribution in [0.5, 0.6) is 0 Å². The summed E-state index contributed by atoms with van der Waals surface area (Å²) in [6.45, 7) is 1.49. The molecule has 0 saturated carbocycles. The Bertz CT molecular complexity index is 566. The number of para-hydroxylation sites is 1. The van der Waals surface area contributed by atoms with Crippen LogP contribution in [0.3, 0.4) is 0 Å². The molecule has 1 aliphatic rings. The van der Waals surface area contributed by atoms with Crippen LogP contribution in [0.25, 0.3) is 0 Å². The van der Waals surface area contributed by atoms with Crippen molar-refractivity contribution < 1.29 is 21.9 Å². The van der Waals surface area contributed by atoms with E-state index in [9.17, 15) is 17.2 Å². The Morgan fingerprint density at radius 2 is 2.10 bits per heavy atom. The summed E-state index contributed by atoms with van der Waals surface area (Å²) in [5.41, 5.74) is 5.80. The lowest BCUT2D eigenvalue weighted by atomic mass is 10.2. The highest BCUT2D eigenvalue weighted by Crippen LogP contribution is 2.30. The third kappa shape index (κ3) is 2.92. The van der Waals surface area contributed by atoms with Crippen molar-refractivity contribution in [2.24, 2.45) is 5.73 Å². The van der Waals surface area contributed by atoms with Crippen molar-refractivity contribution in [1.29, 1.82) is 0 Å². The van der Waals surface area contributed by atoms with Gasteiger partial charge in [-0.1, -0.05) is 12.1 Å². The Hall–Kier alpha value is -1.25. The molecule has 0 radical (unpaired) electrons. The molecule has 112 valence electrons. The predicted molar refractivity (Wildman–Crippen MR) is 70.6 cm³/mol. The summed E-state index contributed by atoms with van der Waals surface area (Å²) < 4.78 is 54.3. The first-order chi connectivity index (χ1) is 9.46. The normalized spacial score (nSPS) is 20.4. The van der Waals surface area contributed by atoms with Crippen molar-refractivity contribution >= 4 is 15.5 Å². The number of hydrogen-bond acceptors (Lipinski definition) is 5. The van der Waals surface area contributed by atoms with Crippen LogP contribution in [0.2, 0.25) is 0 Å². The van der Waals surface area contributed by atoms with Crippen LogP contribution in [0.15, 0.2) is 29.2 Å². The first-order valence-electron chi connectivity index (χ1n) is 6.14. The zero-order valence-electron chi connectivity index (χ0n) is 10.7. The Morgan fingerprint density at radius 1 is 1.40 bits per heavy atom. The van der Waals surface area contributed by atoms with E-state index in [0.29, 0.717) is 26.2 Å². The first-order valence-corrected chi connectivity index (χ1v) is 7.69. The molecular weight excluding hydrogens is 290 g/mol. The lowest BCUT2D eigenvalue weighted by molar-refractivity contribution is 0.0464. The summed E-state index contributed by atoms with van der Waals surface area (Å²) in [6.07, 6.45) is -0.230. The maximum atomic E-state index is 12.7. The van der Waals surface area contributed by atoms with Gasteiger partial charge in [-0.2, -0.15) is 8.78 Å². The number of sulfone groups is 1. The van der Waals surface area contributed by atoms with Gasteiger partial charge < -0.3 is 15.4 Å². The smallest absolute Gasteiger partial charge is 0.341 e. The number of nitrogens with zero attached hydrogens (tertiary/aromatic N) is 1. The van der Waals surface area contributed by atoms with Gasteiger partial charge in [0.25, 0.3) is 0 Å². The molecule has 1 saturated heterocycles. The maximum absolute atomic E-state index is 12.7. The highest BCUT2D eigenvalue weighted by molar-refractivity contribution is 7.91. The number of anilines is 1. The third-order valence-electron chi connectivity index (χ3n) is 3.15. The number of alkyl halides is 2.